The molecule has 21 heavy (non-hydrogen) atoms. The van der Waals surface area contributed by atoms with E-state index in [0.717, 1.165) is 29.8 Å². The molecule has 0 saturated heterocycles. The second-order valence-corrected chi connectivity index (χ2v) is 4.75. The summed E-state index contributed by atoms with van der Waals surface area (Å²) in [7, 11) is 0. The normalized spacial score (nSPS) is 14.2. The number of fused-ring (bicyclic) bond motifs is 3. The number of rotatable bonds is 1. The number of hydrogen-bond acceptors (Lipinski definition) is 4. The molecule has 0 spiro atoms. The van der Waals surface area contributed by atoms with E-state index in [1.165, 1.54) is 6.26 Å². The lowest BCUT2D eigenvalue weighted by Gasteiger charge is -2.07. The number of para-hydroxylation sites is 1. The van der Waals surface area contributed by atoms with E-state index in [1.54, 1.807) is 12.1 Å². The van der Waals surface area contributed by atoms with Crippen molar-refractivity contribution in [2.75, 3.05) is 11.9 Å². The summed E-state index contributed by atoms with van der Waals surface area (Å²) in [6.45, 7) is 1.53. The van der Waals surface area contributed by atoms with E-state index in [1.807, 2.05) is 28.8 Å². The predicted molar refractivity (Wildman–Crippen MR) is 76.8 cm³/mol. The SMILES string of the molecule is O=C(N=c1nc2ccccc2c2n1CCN2)c1ccco1. The fraction of sp³-hybridized carbons (Fsp3) is 0.133. The van der Waals surface area contributed by atoms with Crippen LogP contribution in [-0.4, -0.2) is 22.0 Å². The number of aromatic nitrogens is 2. The molecule has 104 valence electrons. The second-order valence-electron chi connectivity index (χ2n) is 4.75. The number of furan rings is 1. The molecule has 2 aromatic heterocycles. The minimum absolute atomic E-state index is 0.213. The lowest BCUT2D eigenvalue weighted by Crippen LogP contribution is -2.24. The van der Waals surface area contributed by atoms with Crippen molar-refractivity contribution in [1.82, 2.24) is 9.55 Å². The summed E-state index contributed by atoms with van der Waals surface area (Å²) in [5.41, 5.74) is 1.21. The summed E-state index contributed by atoms with van der Waals surface area (Å²) in [6, 6.07) is 11.1. The third kappa shape index (κ3) is 1.92. The van der Waals surface area contributed by atoms with E-state index < -0.39 is 5.91 Å². The van der Waals surface area contributed by atoms with Crippen LogP contribution < -0.4 is 10.9 Å². The Morgan fingerprint density at radius 3 is 3.05 bits per heavy atom. The van der Waals surface area contributed by atoms with E-state index in [9.17, 15) is 4.79 Å². The highest BCUT2D eigenvalue weighted by atomic mass is 16.3. The van der Waals surface area contributed by atoms with E-state index >= 15 is 0 Å². The summed E-state index contributed by atoms with van der Waals surface area (Å²) in [5, 5.41) is 4.35. The Labute approximate surface area is 119 Å². The summed E-state index contributed by atoms with van der Waals surface area (Å²) in [6.07, 6.45) is 1.45. The van der Waals surface area contributed by atoms with Crippen molar-refractivity contribution < 1.29 is 9.21 Å². The second kappa shape index (κ2) is 4.59. The van der Waals surface area contributed by atoms with Gasteiger partial charge in [-0.15, -0.1) is 0 Å². The summed E-state index contributed by atoms with van der Waals surface area (Å²) in [5.74, 6) is 0.737. The maximum atomic E-state index is 12.1. The van der Waals surface area contributed by atoms with Gasteiger partial charge in [0.2, 0.25) is 5.62 Å². The third-order valence-electron chi connectivity index (χ3n) is 3.45. The number of carbonyl (C=O) groups excluding carboxylic acids is 1. The third-order valence-corrected chi connectivity index (χ3v) is 3.45. The molecule has 0 atom stereocenters. The highest BCUT2D eigenvalue weighted by Gasteiger charge is 2.16. The first-order valence-electron chi connectivity index (χ1n) is 6.69. The summed E-state index contributed by atoms with van der Waals surface area (Å²) in [4.78, 5) is 20.7. The number of carbonyl (C=O) groups is 1. The summed E-state index contributed by atoms with van der Waals surface area (Å²) < 4.78 is 7.00. The fourth-order valence-corrected chi connectivity index (χ4v) is 2.50. The Morgan fingerprint density at radius 1 is 1.29 bits per heavy atom. The van der Waals surface area contributed by atoms with Gasteiger partial charge in [-0.25, -0.2) is 4.98 Å². The van der Waals surface area contributed by atoms with Gasteiger partial charge in [0.25, 0.3) is 0 Å². The van der Waals surface area contributed by atoms with E-state index in [-0.39, 0.29) is 5.76 Å². The quantitative estimate of drug-likeness (QED) is 0.737. The van der Waals surface area contributed by atoms with Crippen molar-refractivity contribution in [1.29, 1.82) is 0 Å². The van der Waals surface area contributed by atoms with Crippen molar-refractivity contribution in [2.24, 2.45) is 4.99 Å². The lowest BCUT2D eigenvalue weighted by molar-refractivity contribution is 0.0970. The minimum Gasteiger partial charge on any atom is -0.459 e. The van der Waals surface area contributed by atoms with Crippen molar-refractivity contribution in [3.63, 3.8) is 0 Å². The number of anilines is 1. The van der Waals surface area contributed by atoms with Crippen LogP contribution in [0.1, 0.15) is 10.6 Å². The Morgan fingerprint density at radius 2 is 2.19 bits per heavy atom. The Hall–Kier alpha value is -2.89. The molecule has 0 aliphatic carbocycles. The highest BCUT2D eigenvalue weighted by Crippen LogP contribution is 2.22. The van der Waals surface area contributed by atoms with Gasteiger partial charge in [-0.3, -0.25) is 9.36 Å². The molecule has 1 aliphatic heterocycles. The predicted octanol–water partition coefficient (Wildman–Crippen LogP) is 1.80. The highest BCUT2D eigenvalue weighted by molar-refractivity contribution is 5.92. The minimum atomic E-state index is -0.426. The van der Waals surface area contributed by atoms with Crippen LogP contribution in [0.5, 0.6) is 0 Å². The molecule has 6 nitrogen and oxygen atoms in total. The van der Waals surface area contributed by atoms with Gasteiger partial charge in [0.1, 0.15) is 5.82 Å². The van der Waals surface area contributed by atoms with Crippen LogP contribution in [-0.2, 0) is 6.54 Å². The number of amides is 1. The average Bonchev–Trinajstić information content (AvgIpc) is 3.19. The molecule has 0 bridgehead atoms. The standard InChI is InChI=1S/C15H12N4O2/c20-14(12-6-3-9-21-12)18-15-17-11-5-2-1-4-10(11)13-16-7-8-19(13)15/h1-6,9,16H,7-8H2. The zero-order valence-electron chi connectivity index (χ0n) is 11.1. The first-order valence-corrected chi connectivity index (χ1v) is 6.69. The van der Waals surface area contributed by atoms with Crippen LogP contribution in [0.2, 0.25) is 0 Å². The van der Waals surface area contributed by atoms with Crippen LogP contribution in [0, 0.1) is 0 Å². The largest absolute Gasteiger partial charge is 0.459 e. The maximum absolute atomic E-state index is 12.1. The molecule has 3 heterocycles. The molecule has 1 aliphatic rings. The van der Waals surface area contributed by atoms with E-state index in [0.29, 0.717) is 5.62 Å². The van der Waals surface area contributed by atoms with Gasteiger partial charge in [-0.05, 0) is 24.3 Å². The molecule has 0 saturated carbocycles. The Balaban J connectivity index is 1.95. The van der Waals surface area contributed by atoms with E-state index in [2.05, 4.69) is 15.3 Å². The van der Waals surface area contributed by atoms with Crippen LogP contribution in [0.25, 0.3) is 10.9 Å². The van der Waals surface area contributed by atoms with Gasteiger partial charge in [-0.1, -0.05) is 12.1 Å². The van der Waals surface area contributed by atoms with Crippen LogP contribution in [0.4, 0.5) is 5.82 Å². The van der Waals surface area contributed by atoms with Gasteiger partial charge >= 0.3 is 5.91 Å². The number of nitrogens with zero attached hydrogens (tertiary/aromatic N) is 3. The zero-order chi connectivity index (χ0) is 14.2. The molecule has 1 aromatic carbocycles. The van der Waals surface area contributed by atoms with Gasteiger partial charge in [0, 0.05) is 18.5 Å². The Kier molecular flexibility index (Phi) is 2.60. The van der Waals surface area contributed by atoms with Crippen LogP contribution in [0.3, 0.4) is 0 Å². The molecular formula is C15H12N4O2. The molecule has 0 unspecified atom stereocenters. The summed E-state index contributed by atoms with van der Waals surface area (Å²) >= 11 is 0. The van der Waals surface area contributed by atoms with Gasteiger partial charge in [0.15, 0.2) is 5.76 Å². The molecule has 0 fully saturated rings. The first kappa shape index (κ1) is 11.9. The van der Waals surface area contributed by atoms with Crippen LogP contribution in [0.15, 0.2) is 52.1 Å². The Bertz CT molecular complexity index is 894. The fourth-order valence-electron chi connectivity index (χ4n) is 2.50. The monoisotopic (exact) mass is 280 g/mol. The average molecular weight is 280 g/mol. The number of nitrogens with one attached hydrogen (secondary N) is 1. The van der Waals surface area contributed by atoms with Crippen molar-refractivity contribution in [2.45, 2.75) is 6.54 Å². The molecule has 1 amide bonds. The van der Waals surface area contributed by atoms with Crippen LogP contribution >= 0.6 is 0 Å². The van der Waals surface area contributed by atoms with Gasteiger partial charge < -0.3 is 9.73 Å². The van der Waals surface area contributed by atoms with Crippen molar-refractivity contribution in [3.8, 4) is 0 Å². The first-order chi connectivity index (χ1) is 10.3. The molecule has 4 rings (SSSR count). The van der Waals surface area contributed by atoms with E-state index in [4.69, 9.17) is 4.42 Å². The zero-order valence-corrected chi connectivity index (χ0v) is 11.1. The number of benzene rings is 1. The maximum Gasteiger partial charge on any atom is 0.315 e. The van der Waals surface area contributed by atoms with Gasteiger partial charge in [-0.2, -0.15) is 4.99 Å². The molecule has 1 N–H and O–H groups in total. The van der Waals surface area contributed by atoms with Crippen molar-refractivity contribution >= 4 is 22.6 Å². The number of hydrogen-bond donors (Lipinski definition) is 1. The molecule has 6 heteroatoms. The molecular weight excluding hydrogens is 268 g/mol. The van der Waals surface area contributed by atoms with Crippen molar-refractivity contribution in [3.05, 3.63) is 54.0 Å². The molecule has 0 radical (unpaired) electrons. The van der Waals surface area contributed by atoms with Gasteiger partial charge in [0.05, 0.1) is 11.8 Å². The molecule has 3 aromatic rings. The lowest BCUT2D eigenvalue weighted by atomic mass is 10.2. The topological polar surface area (TPSA) is 72.4 Å². The smallest absolute Gasteiger partial charge is 0.315 e.